The number of aromatic hydroxyl groups is 4. The Morgan fingerprint density at radius 1 is 0.429 bits per heavy atom. The highest BCUT2D eigenvalue weighted by Gasteiger charge is 2.34. The highest BCUT2D eigenvalue weighted by molar-refractivity contribution is 5.97. The lowest BCUT2D eigenvalue weighted by molar-refractivity contribution is -0.142. The monoisotopic (exact) mass is 1060 g/mol. The molecule has 1 heterocycles. The van der Waals surface area contributed by atoms with Crippen LogP contribution in [0.25, 0.3) is 0 Å². The van der Waals surface area contributed by atoms with Gasteiger partial charge in [-0.05, 0) is 129 Å². The summed E-state index contributed by atoms with van der Waals surface area (Å²) in [7, 11) is 0. The first-order valence-corrected chi connectivity index (χ1v) is 25.2. The molecule has 5 rings (SSSR count). The maximum absolute atomic E-state index is 14.5. The van der Waals surface area contributed by atoms with Gasteiger partial charge >= 0.3 is 5.97 Å². The zero-order valence-electron chi connectivity index (χ0n) is 42.4. The van der Waals surface area contributed by atoms with Crippen LogP contribution in [-0.4, -0.2) is 132 Å². The summed E-state index contributed by atoms with van der Waals surface area (Å²) in [5, 5.41) is 65.5. The SMILES string of the molecule is NCCCCC(NC(=O)C(Cc1ccc(O)cc1)NC(=O)C(N)Cc1ccc(O)cc1)C(=O)NC(Cc1c[nH]cn1)C(=O)NC(CCCCN)C(=O)NC(Cc1ccc(O)cc1)C(=O)NC(Cc1ccc(O)cc1)C(=O)O. The summed E-state index contributed by atoms with van der Waals surface area (Å²) in [5.41, 5.74) is 20.4. The number of nitrogens with one attached hydrogen (secondary N) is 7. The van der Waals surface area contributed by atoms with E-state index in [0.717, 1.165) is 0 Å². The molecule has 6 amide bonds. The van der Waals surface area contributed by atoms with E-state index in [0.29, 0.717) is 53.6 Å². The second-order valence-electron chi connectivity index (χ2n) is 18.6. The van der Waals surface area contributed by atoms with E-state index in [4.69, 9.17) is 17.2 Å². The van der Waals surface area contributed by atoms with Gasteiger partial charge in [0, 0.05) is 31.9 Å². The number of amides is 6. The number of nitrogens with zero attached hydrogens (tertiary/aromatic N) is 1. The number of unbranched alkanes of at least 4 members (excludes halogenated alkanes) is 2. The van der Waals surface area contributed by atoms with Crippen molar-refractivity contribution in [2.75, 3.05) is 13.1 Å². The van der Waals surface area contributed by atoms with Gasteiger partial charge in [-0.3, -0.25) is 28.8 Å². The maximum Gasteiger partial charge on any atom is 0.326 e. The second-order valence-corrected chi connectivity index (χ2v) is 18.6. The van der Waals surface area contributed by atoms with Crippen molar-refractivity contribution >= 4 is 41.4 Å². The van der Waals surface area contributed by atoms with Crippen LogP contribution in [0.4, 0.5) is 0 Å². The summed E-state index contributed by atoms with van der Waals surface area (Å²) in [6.45, 7) is 0.503. The Morgan fingerprint density at radius 3 is 1.09 bits per heavy atom. The van der Waals surface area contributed by atoms with E-state index in [9.17, 15) is 59.1 Å². The van der Waals surface area contributed by atoms with Gasteiger partial charge in [-0.1, -0.05) is 48.5 Å². The van der Waals surface area contributed by atoms with Crippen molar-refractivity contribution in [3.8, 4) is 23.0 Å². The van der Waals surface area contributed by atoms with E-state index in [1.165, 1.54) is 85.3 Å². The number of benzene rings is 4. The van der Waals surface area contributed by atoms with Crippen LogP contribution in [0.3, 0.4) is 0 Å². The van der Waals surface area contributed by atoms with Crippen LogP contribution < -0.4 is 49.1 Å². The molecule has 0 bridgehead atoms. The lowest BCUT2D eigenvalue weighted by Gasteiger charge is -2.28. The number of phenols is 4. The molecular formula is C54H69N11O12. The Kier molecular flexibility index (Phi) is 23.2. The molecule has 0 aliphatic heterocycles. The molecule has 5 aromatic rings. The van der Waals surface area contributed by atoms with Crippen molar-refractivity contribution in [3.05, 3.63) is 138 Å². The van der Waals surface area contributed by atoms with E-state index in [-0.39, 0.29) is 81.0 Å². The minimum Gasteiger partial charge on any atom is -0.508 e. The van der Waals surface area contributed by atoms with E-state index in [1.54, 1.807) is 24.3 Å². The first-order chi connectivity index (χ1) is 36.9. The number of imidazole rings is 1. The number of carboxylic acids is 1. The highest BCUT2D eigenvalue weighted by Crippen LogP contribution is 2.17. The quantitative estimate of drug-likeness (QED) is 0.0266. The predicted octanol–water partition coefficient (Wildman–Crippen LogP) is 0.324. The summed E-state index contributed by atoms with van der Waals surface area (Å²) >= 11 is 0. The van der Waals surface area contributed by atoms with Crippen LogP contribution >= 0.6 is 0 Å². The van der Waals surface area contributed by atoms with Gasteiger partial charge in [0.05, 0.1) is 18.1 Å². The number of hydrogen-bond donors (Lipinski definition) is 15. The van der Waals surface area contributed by atoms with Gasteiger partial charge in [-0.2, -0.15) is 0 Å². The largest absolute Gasteiger partial charge is 0.508 e. The number of carboxylic acid groups (broad SMARTS) is 1. The van der Waals surface area contributed by atoms with Crippen molar-refractivity contribution in [1.82, 2.24) is 41.9 Å². The molecule has 0 saturated carbocycles. The normalized spacial score (nSPS) is 13.8. The summed E-state index contributed by atoms with van der Waals surface area (Å²) in [4.78, 5) is 105. The van der Waals surface area contributed by atoms with E-state index >= 15 is 0 Å². The number of phenolic OH excluding ortho intramolecular Hbond substituents is 4. The molecule has 4 aromatic carbocycles. The fourth-order valence-corrected chi connectivity index (χ4v) is 8.18. The van der Waals surface area contributed by atoms with Gasteiger partial charge in [0.25, 0.3) is 0 Å². The fourth-order valence-electron chi connectivity index (χ4n) is 8.18. The highest BCUT2D eigenvalue weighted by atomic mass is 16.4. The third kappa shape index (κ3) is 19.9. The molecule has 0 aliphatic carbocycles. The number of aliphatic carboxylic acids is 1. The number of rotatable bonds is 31. The Hall–Kier alpha value is -8.54. The summed E-state index contributed by atoms with van der Waals surface area (Å²) in [6, 6.07) is 14.2. The number of aromatic nitrogens is 2. The van der Waals surface area contributed by atoms with Crippen LogP contribution in [-0.2, 0) is 65.7 Å². The number of aromatic amines is 1. The zero-order chi connectivity index (χ0) is 55.9. The second kappa shape index (κ2) is 30.1. The van der Waals surface area contributed by atoms with Crippen LogP contribution in [0.1, 0.15) is 66.5 Å². The number of H-pyrrole nitrogens is 1. The summed E-state index contributed by atoms with van der Waals surface area (Å²) < 4.78 is 0. The molecular weight excluding hydrogens is 995 g/mol. The zero-order valence-corrected chi connectivity index (χ0v) is 42.4. The van der Waals surface area contributed by atoms with Crippen LogP contribution in [0.2, 0.25) is 0 Å². The lowest BCUT2D eigenvalue weighted by atomic mass is 10.0. The molecule has 77 heavy (non-hydrogen) atoms. The molecule has 18 N–H and O–H groups in total. The van der Waals surface area contributed by atoms with Crippen molar-refractivity contribution in [2.24, 2.45) is 17.2 Å². The predicted molar refractivity (Wildman–Crippen MR) is 283 cm³/mol. The first-order valence-electron chi connectivity index (χ1n) is 25.2. The Bertz CT molecular complexity index is 2690. The summed E-state index contributed by atoms with van der Waals surface area (Å²) in [6.07, 6.45) is 3.90. The Morgan fingerprint density at radius 2 is 0.740 bits per heavy atom. The van der Waals surface area contributed by atoms with Gasteiger partial charge in [0.1, 0.15) is 59.2 Å². The van der Waals surface area contributed by atoms with Gasteiger partial charge < -0.3 is 79.6 Å². The molecule has 7 atom stereocenters. The minimum absolute atomic E-state index is 0.00844. The van der Waals surface area contributed by atoms with Crippen molar-refractivity contribution in [2.45, 2.75) is 113 Å². The molecule has 0 radical (unpaired) electrons. The molecule has 0 saturated heterocycles. The standard InChI is InChI=1S/C54H69N11O12/c55-23-3-1-5-42(49(71)63-45(27-34-11-19-39(68)20-12-34)52(74)65-47(54(76)77)28-35-13-21-40(69)22-14-35)61-53(75)46(29-36-30-58-31-59-36)64-50(72)43(6-2-4-24-56)60-51(73)44(26-33-9-17-38(67)18-10-33)62-48(70)41(57)25-32-7-15-37(66)16-8-32/h7-22,30-31,41-47,66-69H,1-6,23-29,55-57H2,(H,58,59)(H,60,73)(H,61,75)(H,62,70)(H,63,71)(H,64,72)(H,65,74)(H,76,77). The molecule has 23 heteroatoms. The maximum atomic E-state index is 14.5. The lowest BCUT2D eigenvalue weighted by Crippen LogP contribution is -2.60. The van der Waals surface area contributed by atoms with Gasteiger partial charge in [0.15, 0.2) is 0 Å². The molecule has 412 valence electrons. The molecule has 0 aliphatic rings. The van der Waals surface area contributed by atoms with E-state index in [1.807, 2.05) is 0 Å². The minimum atomic E-state index is -1.47. The van der Waals surface area contributed by atoms with Gasteiger partial charge in [0.2, 0.25) is 35.4 Å². The molecule has 1 aromatic heterocycles. The Labute approximate surface area is 444 Å². The number of nitrogens with two attached hydrogens (primary N) is 3. The average Bonchev–Trinajstić information content (AvgIpc) is 3.93. The smallest absolute Gasteiger partial charge is 0.326 e. The molecule has 0 fully saturated rings. The average molecular weight is 1060 g/mol. The number of hydrogen-bond acceptors (Lipinski definition) is 15. The van der Waals surface area contributed by atoms with E-state index < -0.39 is 83.7 Å². The fraction of sp³-hybridized carbons (Fsp3) is 0.370. The third-order valence-electron chi connectivity index (χ3n) is 12.5. The molecule has 23 nitrogen and oxygen atoms in total. The number of carbonyl (C=O) groups is 7. The van der Waals surface area contributed by atoms with Crippen LogP contribution in [0, 0.1) is 0 Å². The first kappa shape index (κ1) is 59.3. The third-order valence-corrected chi connectivity index (χ3v) is 12.5. The van der Waals surface area contributed by atoms with Crippen molar-refractivity contribution in [1.29, 1.82) is 0 Å². The molecule has 7 unspecified atom stereocenters. The topological polar surface area (TPSA) is 400 Å². The summed E-state index contributed by atoms with van der Waals surface area (Å²) in [5.74, 6) is -6.32. The van der Waals surface area contributed by atoms with Crippen LogP contribution in [0.15, 0.2) is 110 Å². The Balaban J connectivity index is 1.38. The molecule has 0 spiro atoms. The van der Waals surface area contributed by atoms with Gasteiger partial charge in [-0.15, -0.1) is 0 Å². The van der Waals surface area contributed by atoms with Crippen molar-refractivity contribution < 1.29 is 59.1 Å². The van der Waals surface area contributed by atoms with E-state index in [2.05, 4.69) is 41.9 Å². The van der Waals surface area contributed by atoms with Crippen molar-refractivity contribution in [3.63, 3.8) is 0 Å². The van der Waals surface area contributed by atoms with Gasteiger partial charge in [-0.25, -0.2) is 9.78 Å². The number of carbonyl (C=O) groups excluding carboxylic acids is 6. The van der Waals surface area contributed by atoms with Crippen LogP contribution in [0.5, 0.6) is 23.0 Å².